The zero-order valence-corrected chi connectivity index (χ0v) is 15.7. The van der Waals surface area contributed by atoms with Crippen LogP contribution in [0.1, 0.15) is 34.1 Å². The standard InChI is InChI=1S/C21H19N3O2S/c1-24(12-15-13-27-21(22-15)14-7-3-2-4-8-14)19(25)11-18-16-9-5-6-10-17(16)20(26)23-18/h2-10,13,18H,11-12H2,1H3,(H,23,26). The van der Waals surface area contributed by atoms with Crippen LogP contribution < -0.4 is 5.32 Å². The van der Waals surface area contributed by atoms with Crippen molar-refractivity contribution in [1.29, 1.82) is 0 Å². The molecule has 1 aromatic heterocycles. The molecule has 0 fully saturated rings. The monoisotopic (exact) mass is 377 g/mol. The van der Waals surface area contributed by atoms with E-state index in [2.05, 4.69) is 10.3 Å². The Morgan fingerprint density at radius 1 is 1.15 bits per heavy atom. The average molecular weight is 377 g/mol. The van der Waals surface area contributed by atoms with Crippen LogP contribution in [0, 0.1) is 0 Å². The molecule has 2 amide bonds. The summed E-state index contributed by atoms with van der Waals surface area (Å²) < 4.78 is 0. The Bertz CT molecular complexity index is 984. The van der Waals surface area contributed by atoms with Crippen molar-refractivity contribution in [3.05, 3.63) is 76.8 Å². The SMILES string of the molecule is CN(Cc1csc(-c2ccccc2)n1)C(=O)CC1NC(=O)c2ccccc21. The van der Waals surface area contributed by atoms with Gasteiger partial charge in [-0.3, -0.25) is 9.59 Å². The van der Waals surface area contributed by atoms with Gasteiger partial charge in [-0.05, 0) is 11.6 Å². The van der Waals surface area contributed by atoms with Crippen LogP contribution in [0.25, 0.3) is 10.6 Å². The van der Waals surface area contributed by atoms with E-state index in [1.54, 1.807) is 29.4 Å². The van der Waals surface area contributed by atoms with E-state index in [-0.39, 0.29) is 24.3 Å². The van der Waals surface area contributed by atoms with E-state index in [1.165, 1.54) is 0 Å². The first kappa shape index (κ1) is 17.4. The number of carbonyl (C=O) groups excluding carboxylic acids is 2. The summed E-state index contributed by atoms with van der Waals surface area (Å²) in [6.07, 6.45) is 0.245. The molecule has 1 aliphatic heterocycles. The average Bonchev–Trinajstić information content (AvgIpc) is 3.28. The molecule has 1 aliphatic rings. The molecule has 1 N–H and O–H groups in total. The van der Waals surface area contributed by atoms with Crippen LogP contribution in [0.2, 0.25) is 0 Å². The zero-order valence-electron chi connectivity index (χ0n) is 14.9. The summed E-state index contributed by atoms with van der Waals surface area (Å²) in [7, 11) is 1.77. The van der Waals surface area contributed by atoms with E-state index in [0.717, 1.165) is 21.8 Å². The van der Waals surface area contributed by atoms with Gasteiger partial charge in [0.2, 0.25) is 5.91 Å². The van der Waals surface area contributed by atoms with Crippen LogP contribution in [0.5, 0.6) is 0 Å². The maximum atomic E-state index is 12.6. The summed E-state index contributed by atoms with van der Waals surface area (Å²) in [5.74, 6) is -0.135. The van der Waals surface area contributed by atoms with E-state index < -0.39 is 0 Å². The number of nitrogens with one attached hydrogen (secondary N) is 1. The fourth-order valence-electron chi connectivity index (χ4n) is 3.24. The van der Waals surface area contributed by atoms with Gasteiger partial charge in [0.1, 0.15) is 5.01 Å². The first-order chi connectivity index (χ1) is 13.1. The summed E-state index contributed by atoms with van der Waals surface area (Å²) in [5.41, 5.74) is 3.49. The van der Waals surface area contributed by atoms with E-state index in [4.69, 9.17) is 0 Å². The number of nitrogens with zero attached hydrogens (tertiary/aromatic N) is 2. The van der Waals surface area contributed by atoms with E-state index in [9.17, 15) is 9.59 Å². The molecule has 136 valence electrons. The third-order valence-electron chi connectivity index (χ3n) is 4.66. The van der Waals surface area contributed by atoms with E-state index in [0.29, 0.717) is 12.1 Å². The smallest absolute Gasteiger partial charge is 0.252 e. The van der Waals surface area contributed by atoms with Gasteiger partial charge in [-0.15, -0.1) is 11.3 Å². The van der Waals surface area contributed by atoms with Gasteiger partial charge in [-0.1, -0.05) is 48.5 Å². The number of fused-ring (bicyclic) bond motifs is 1. The molecule has 1 atom stereocenters. The van der Waals surface area contributed by atoms with Crippen LogP contribution in [0.4, 0.5) is 0 Å². The van der Waals surface area contributed by atoms with Gasteiger partial charge in [0.25, 0.3) is 5.91 Å². The maximum absolute atomic E-state index is 12.6. The zero-order chi connectivity index (χ0) is 18.8. The molecule has 0 bridgehead atoms. The molecule has 6 heteroatoms. The number of aromatic nitrogens is 1. The van der Waals surface area contributed by atoms with Crippen LogP contribution >= 0.6 is 11.3 Å². The number of hydrogen-bond acceptors (Lipinski definition) is 4. The molecule has 2 aromatic carbocycles. The Hall–Kier alpha value is -2.99. The van der Waals surface area contributed by atoms with Crippen molar-refractivity contribution < 1.29 is 9.59 Å². The van der Waals surface area contributed by atoms with E-state index >= 15 is 0 Å². The van der Waals surface area contributed by atoms with E-state index in [1.807, 2.05) is 53.9 Å². The summed E-state index contributed by atoms with van der Waals surface area (Å²) in [4.78, 5) is 31.0. The fraction of sp³-hybridized carbons (Fsp3) is 0.190. The van der Waals surface area contributed by atoms with Crippen molar-refractivity contribution in [2.24, 2.45) is 0 Å². The first-order valence-electron chi connectivity index (χ1n) is 8.75. The highest BCUT2D eigenvalue weighted by Crippen LogP contribution is 2.28. The molecule has 0 aliphatic carbocycles. The van der Waals surface area contributed by atoms with Gasteiger partial charge in [-0.25, -0.2) is 4.98 Å². The lowest BCUT2D eigenvalue weighted by Crippen LogP contribution is -2.30. The van der Waals surface area contributed by atoms with Gasteiger partial charge in [0.15, 0.2) is 0 Å². The molecular formula is C21H19N3O2S. The highest BCUT2D eigenvalue weighted by atomic mass is 32.1. The van der Waals surface area contributed by atoms with Crippen LogP contribution in [-0.4, -0.2) is 28.7 Å². The minimum atomic E-state index is -0.265. The lowest BCUT2D eigenvalue weighted by atomic mass is 10.0. The third-order valence-corrected chi connectivity index (χ3v) is 5.60. The predicted molar refractivity (Wildman–Crippen MR) is 105 cm³/mol. The minimum absolute atomic E-state index is 0.0220. The quantitative estimate of drug-likeness (QED) is 0.738. The molecule has 0 spiro atoms. The van der Waals surface area contributed by atoms with Gasteiger partial charge in [0.05, 0.1) is 24.7 Å². The van der Waals surface area contributed by atoms with Gasteiger partial charge in [-0.2, -0.15) is 0 Å². The molecule has 0 saturated heterocycles. The minimum Gasteiger partial charge on any atom is -0.345 e. The van der Waals surface area contributed by atoms with Crippen molar-refractivity contribution >= 4 is 23.2 Å². The Balaban J connectivity index is 1.41. The number of hydrogen-bond donors (Lipinski definition) is 1. The van der Waals surface area contributed by atoms with Crippen molar-refractivity contribution in [2.45, 2.75) is 19.0 Å². The molecule has 27 heavy (non-hydrogen) atoms. The van der Waals surface area contributed by atoms with Gasteiger partial charge < -0.3 is 10.2 Å². The fourth-order valence-corrected chi connectivity index (χ4v) is 4.05. The number of carbonyl (C=O) groups is 2. The highest BCUT2D eigenvalue weighted by molar-refractivity contribution is 7.13. The Morgan fingerprint density at radius 2 is 1.89 bits per heavy atom. The second kappa shape index (κ2) is 7.32. The Morgan fingerprint density at radius 3 is 2.70 bits per heavy atom. The number of benzene rings is 2. The molecule has 4 rings (SSSR count). The Kier molecular flexibility index (Phi) is 4.73. The molecule has 3 aromatic rings. The predicted octanol–water partition coefficient (Wildman–Crippen LogP) is 3.64. The molecule has 0 radical (unpaired) electrons. The van der Waals surface area contributed by atoms with Crippen molar-refractivity contribution in [3.8, 4) is 10.6 Å². The van der Waals surface area contributed by atoms with Crippen LogP contribution in [0.3, 0.4) is 0 Å². The van der Waals surface area contributed by atoms with Crippen LogP contribution in [-0.2, 0) is 11.3 Å². The maximum Gasteiger partial charge on any atom is 0.252 e. The second-order valence-electron chi connectivity index (χ2n) is 6.58. The largest absolute Gasteiger partial charge is 0.345 e. The van der Waals surface area contributed by atoms with Gasteiger partial charge >= 0.3 is 0 Å². The van der Waals surface area contributed by atoms with Crippen molar-refractivity contribution in [1.82, 2.24) is 15.2 Å². The lowest BCUT2D eigenvalue weighted by Gasteiger charge is -2.19. The molecule has 2 heterocycles. The normalized spacial score (nSPS) is 15.3. The topological polar surface area (TPSA) is 62.3 Å². The Labute approximate surface area is 161 Å². The number of thiazole rings is 1. The summed E-state index contributed by atoms with van der Waals surface area (Å²) in [5, 5.41) is 5.83. The van der Waals surface area contributed by atoms with Crippen LogP contribution in [0.15, 0.2) is 60.0 Å². The lowest BCUT2D eigenvalue weighted by molar-refractivity contribution is -0.130. The first-order valence-corrected chi connectivity index (χ1v) is 9.63. The molecule has 5 nitrogen and oxygen atoms in total. The summed E-state index contributed by atoms with van der Waals surface area (Å²) >= 11 is 1.57. The highest BCUT2D eigenvalue weighted by Gasteiger charge is 2.30. The van der Waals surface area contributed by atoms with Crippen molar-refractivity contribution in [3.63, 3.8) is 0 Å². The second-order valence-corrected chi connectivity index (χ2v) is 7.44. The molecule has 1 unspecified atom stereocenters. The summed E-state index contributed by atoms with van der Waals surface area (Å²) in [6, 6.07) is 17.2. The van der Waals surface area contributed by atoms with Gasteiger partial charge in [0, 0.05) is 23.6 Å². The number of amides is 2. The number of rotatable bonds is 5. The third kappa shape index (κ3) is 3.61. The molecular weight excluding hydrogens is 358 g/mol. The van der Waals surface area contributed by atoms with Crippen molar-refractivity contribution in [2.75, 3.05) is 7.05 Å². The molecule has 0 saturated carbocycles. The summed E-state index contributed by atoms with van der Waals surface area (Å²) in [6.45, 7) is 0.449.